The molecule has 1 unspecified atom stereocenters. The second-order valence-electron chi connectivity index (χ2n) is 4.27. The Hall–Kier alpha value is -1.59. The van der Waals surface area contributed by atoms with Crippen LogP contribution in [-0.2, 0) is 19.1 Å². The minimum Gasteiger partial charge on any atom is -0.479 e. The Labute approximate surface area is 92.2 Å². The molecule has 2 fully saturated rings. The van der Waals surface area contributed by atoms with Gasteiger partial charge in [0.1, 0.15) is 5.54 Å². The van der Waals surface area contributed by atoms with Crippen molar-refractivity contribution < 1.29 is 24.2 Å². The first-order valence-corrected chi connectivity index (χ1v) is 5.13. The number of carbonyl (C=O) groups is 3. The van der Waals surface area contributed by atoms with Gasteiger partial charge in [-0.3, -0.25) is 9.59 Å². The van der Waals surface area contributed by atoms with Gasteiger partial charge in [-0.15, -0.1) is 0 Å². The maximum Gasteiger partial charge on any atom is 0.329 e. The van der Waals surface area contributed by atoms with Crippen LogP contribution in [0.4, 0.5) is 0 Å². The van der Waals surface area contributed by atoms with Gasteiger partial charge < -0.3 is 14.7 Å². The molecular formula is C10H13NO5. The predicted octanol–water partition coefficient (Wildman–Crippen LogP) is -0.375. The fourth-order valence-corrected chi connectivity index (χ4v) is 2.16. The third kappa shape index (κ3) is 1.45. The number of nitrogens with zero attached hydrogens (tertiary/aromatic N) is 1. The summed E-state index contributed by atoms with van der Waals surface area (Å²) in [6, 6.07) is 0. The van der Waals surface area contributed by atoms with E-state index in [0.29, 0.717) is 12.8 Å². The van der Waals surface area contributed by atoms with Crippen molar-refractivity contribution in [3.8, 4) is 0 Å². The van der Waals surface area contributed by atoms with Gasteiger partial charge in [-0.25, -0.2) is 4.79 Å². The Balaban J connectivity index is 2.12. The number of carbonyl (C=O) groups excluding carboxylic acids is 2. The lowest BCUT2D eigenvalue weighted by Crippen LogP contribution is -2.44. The van der Waals surface area contributed by atoms with Gasteiger partial charge in [0.2, 0.25) is 5.91 Å². The zero-order valence-electron chi connectivity index (χ0n) is 8.93. The van der Waals surface area contributed by atoms with Gasteiger partial charge in [0.25, 0.3) is 0 Å². The SMILES string of the molecule is COC(=O)C1CC(=O)N(C2(C(=O)O)CC2)C1. The molecule has 0 aromatic rings. The molecular weight excluding hydrogens is 214 g/mol. The van der Waals surface area contributed by atoms with E-state index in [4.69, 9.17) is 5.11 Å². The molecule has 0 bridgehead atoms. The average Bonchev–Trinajstić information content (AvgIpc) is 2.96. The van der Waals surface area contributed by atoms with Crippen LogP contribution in [0.5, 0.6) is 0 Å². The Morgan fingerprint density at radius 1 is 1.50 bits per heavy atom. The zero-order chi connectivity index (χ0) is 11.9. The predicted molar refractivity (Wildman–Crippen MR) is 51.4 cm³/mol. The molecule has 88 valence electrons. The number of likely N-dealkylation sites (tertiary alicyclic amines) is 1. The summed E-state index contributed by atoms with van der Waals surface area (Å²) >= 11 is 0. The fourth-order valence-electron chi connectivity index (χ4n) is 2.16. The molecule has 0 radical (unpaired) electrons. The van der Waals surface area contributed by atoms with Gasteiger partial charge in [-0.1, -0.05) is 0 Å². The molecule has 1 aliphatic heterocycles. The lowest BCUT2D eigenvalue weighted by atomic mass is 10.1. The Kier molecular flexibility index (Phi) is 2.36. The summed E-state index contributed by atoms with van der Waals surface area (Å²) in [6.45, 7) is 0.164. The summed E-state index contributed by atoms with van der Waals surface area (Å²) in [7, 11) is 1.26. The maximum atomic E-state index is 11.7. The second-order valence-corrected chi connectivity index (χ2v) is 4.27. The Morgan fingerprint density at radius 2 is 2.12 bits per heavy atom. The monoisotopic (exact) mass is 227 g/mol. The number of ether oxygens (including phenoxy) is 1. The molecule has 6 heteroatoms. The highest BCUT2D eigenvalue weighted by Crippen LogP contribution is 2.45. The van der Waals surface area contributed by atoms with E-state index in [1.54, 1.807) is 0 Å². The molecule has 1 saturated carbocycles. The van der Waals surface area contributed by atoms with E-state index < -0.39 is 23.4 Å². The fraction of sp³-hybridized carbons (Fsp3) is 0.700. The summed E-state index contributed by atoms with van der Waals surface area (Å²) < 4.78 is 4.56. The summed E-state index contributed by atoms with van der Waals surface area (Å²) in [5.74, 6) is -2.21. The molecule has 1 saturated heterocycles. The van der Waals surface area contributed by atoms with Gasteiger partial charge in [-0.05, 0) is 12.8 Å². The van der Waals surface area contributed by atoms with E-state index in [0.717, 1.165) is 0 Å². The number of rotatable bonds is 3. The van der Waals surface area contributed by atoms with Crippen LogP contribution in [0.1, 0.15) is 19.3 Å². The van der Waals surface area contributed by atoms with Gasteiger partial charge in [-0.2, -0.15) is 0 Å². The number of aliphatic carboxylic acids is 1. The standard InChI is InChI=1S/C10H13NO5/c1-16-8(13)6-4-7(12)11(5-6)10(2-3-10)9(14)15/h6H,2-5H2,1H3,(H,14,15). The number of carboxylic acid groups (broad SMARTS) is 1. The molecule has 2 aliphatic rings. The quantitative estimate of drug-likeness (QED) is 0.665. The van der Waals surface area contributed by atoms with Crippen molar-refractivity contribution in [2.75, 3.05) is 13.7 Å². The largest absolute Gasteiger partial charge is 0.479 e. The molecule has 0 spiro atoms. The third-order valence-electron chi connectivity index (χ3n) is 3.30. The molecule has 16 heavy (non-hydrogen) atoms. The molecule has 0 aromatic carbocycles. The van der Waals surface area contributed by atoms with E-state index in [2.05, 4.69) is 4.74 Å². The van der Waals surface area contributed by atoms with Crippen LogP contribution in [0, 0.1) is 5.92 Å². The molecule has 2 rings (SSSR count). The van der Waals surface area contributed by atoms with Crippen LogP contribution in [0.15, 0.2) is 0 Å². The summed E-state index contributed by atoms with van der Waals surface area (Å²) in [5.41, 5.74) is -1.04. The molecule has 1 amide bonds. The minimum absolute atomic E-state index is 0.0572. The lowest BCUT2D eigenvalue weighted by Gasteiger charge is -2.23. The highest BCUT2D eigenvalue weighted by molar-refractivity contribution is 5.93. The Bertz CT molecular complexity index is 360. The summed E-state index contributed by atoms with van der Waals surface area (Å²) in [4.78, 5) is 35.3. The smallest absolute Gasteiger partial charge is 0.329 e. The normalized spacial score (nSPS) is 26.7. The van der Waals surface area contributed by atoms with E-state index >= 15 is 0 Å². The summed E-state index contributed by atoms with van der Waals surface area (Å²) in [5, 5.41) is 9.05. The van der Waals surface area contributed by atoms with Gasteiger partial charge in [0.15, 0.2) is 0 Å². The topological polar surface area (TPSA) is 83.9 Å². The van der Waals surface area contributed by atoms with Crippen molar-refractivity contribution in [3.05, 3.63) is 0 Å². The van der Waals surface area contributed by atoms with E-state index in [1.165, 1.54) is 12.0 Å². The van der Waals surface area contributed by atoms with Gasteiger partial charge in [0, 0.05) is 13.0 Å². The molecule has 1 atom stereocenters. The highest BCUT2D eigenvalue weighted by atomic mass is 16.5. The first kappa shape index (κ1) is 10.9. The van der Waals surface area contributed by atoms with E-state index in [-0.39, 0.29) is 18.9 Å². The van der Waals surface area contributed by atoms with E-state index in [1.807, 2.05) is 0 Å². The average molecular weight is 227 g/mol. The minimum atomic E-state index is -1.04. The van der Waals surface area contributed by atoms with Crippen molar-refractivity contribution >= 4 is 17.8 Å². The lowest BCUT2D eigenvalue weighted by molar-refractivity contribution is -0.150. The number of hydrogen-bond donors (Lipinski definition) is 1. The van der Waals surface area contributed by atoms with Crippen LogP contribution in [0.2, 0.25) is 0 Å². The number of amides is 1. The Morgan fingerprint density at radius 3 is 2.56 bits per heavy atom. The number of carboxylic acids is 1. The van der Waals surface area contributed by atoms with Crippen LogP contribution < -0.4 is 0 Å². The summed E-state index contributed by atoms with van der Waals surface area (Å²) in [6.07, 6.45) is 1.01. The molecule has 0 aromatic heterocycles. The molecule has 1 N–H and O–H groups in total. The number of esters is 1. The van der Waals surface area contributed by atoms with Crippen LogP contribution in [-0.4, -0.2) is 47.0 Å². The zero-order valence-corrected chi connectivity index (χ0v) is 8.93. The molecule has 1 heterocycles. The molecule has 6 nitrogen and oxygen atoms in total. The van der Waals surface area contributed by atoms with Crippen LogP contribution in [0.25, 0.3) is 0 Å². The number of methoxy groups -OCH3 is 1. The second kappa shape index (κ2) is 3.47. The van der Waals surface area contributed by atoms with Crippen LogP contribution >= 0.6 is 0 Å². The maximum absolute atomic E-state index is 11.7. The highest BCUT2D eigenvalue weighted by Gasteiger charge is 2.59. The number of hydrogen-bond acceptors (Lipinski definition) is 4. The van der Waals surface area contributed by atoms with Gasteiger partial charge >= 0.3 is 11.9 Å². The van der Waals surface area contributed by atoms with Crippen molar-refractivity contribution in [1.29, 1.82) is 0 Å². The third-order valence-corrected chi connectivity index (χ3v) is 3.30. The van der Waals surface area contributed by atoms with Gasteiger partial charge in [0.05, 0.1) is 13.0 Å². The van der Waals surface area contributed by atoms with E-state index in [9.17, 15) is 14.4 Å². The first-order chi connectivity index (χ1) is 7.51. The van der Waals surface area contributed by atoms with Crippen molar-refractivity contribution in [3.63, 3.8) is 0 Å². The van der Waals surface area contributed by atoms with Crippen molar-refractivity contribution in [1.82, 2.24) is 4.90 Å². The first-order valence-electron chi connectivity index (χ1n) is 5.13. The van der Waals surface area contributed by atoms with Crippen molar-refractivity contribution in [2.45, 2.75) is 24.8 Å². The van der Waals surface area contributed by atoms with Crippen LogP contribution in [0.3, 0.4) is 0 Å². The molecule has 1 aliphatic carbocycles. The van der Waals surface area contributed by atoms with Crippen molar-refractivity contribution in [2.24, 2.45) is 5.92 Å².